The maximum Gasteiger partial charge on any atom is 0.101 e. The molecular weight excluding hydrogens is 198 g/mol. The second-order valence-electron chi connectivity index (χ2n) is 3.81. The minimum Gasteiger partial charge on any atom is -0.411 e. The third-order valence-corrected chi connectivity index (χ3v) is 2.53. The Labute approximate surface area is 89.7 Å². The summed E-state index contributed by atoms with van der Waals surface area (Å²) in [5, 5.41) is 21.1. The van der Waals surface area contributed by atoms with Crippen molar-refractivity contribution in [3.63, 3.8) is 0 Å². The number of aliphatic hydroxyl groups excluding tert-OH is 1. The van der Waals surface area contributed by atoms with E-state index in [2.05, 4.69) is 5.16 Å². The smallest absolute Gasteiger partial charge is 0.101 e. The topological polar surface area (TPSA) is 71.3 Å². The predicted molar refractivity (Wildman–Crippen MR) is 55.3 cm³/mol. The summed E-state index contributed by atoms with van der Waals surface area (Å²) in [5.41, 5.74) is 0.840. The van der Waals surface area contributed by atoms with E-state index in [1.807, 2.05) is 0 Å². The number of aliphatic hydroxyl groups is 1. The minimum absolute atomic E-state index is 0.169. The maximum atomic E-state index is 9.36. The highest BCUT2D eigenvalue weighted by atomic mass is 16.5. The van der Waals surface area contributed by atoms with Gasteiger partial charge in [-0.05, 0) is 25.7 Å². The van der Waals surface area contributed by atoms with Crippen LogP contribution in [0.5, 0.6) is 0 Å². The lowest BCUT2D eigenvalue weighted by molar-refractivity contribution is -0.0413. The van der Waals surface area contributed by atoms with Gasteiger partial charge in [0.15, 0.2) is 0 Å². The van der Waals surface area contributed by atoms with Gasteiger partial charge in [-0.3, -0.25) is 0 Å². The zero-order valence-corrected chi connectivity index (χ0v) is 9.06. The van der Waals surface area contributed by atoms with E-state index >= 15 is 0 Å². The van der Waals surface area contributed by atoms with Crippen molar-refractivity contribution >= 4 is 5.71 Å². The standard InChI is InChI=1S/C10H19NO4/c1-14-6-9(12)7-15-10-4-2-8(11-13)3-5-10/h9-10,12-13H,2-7H2,1H3. The minimum atomic E-state index is -0.553. The van der Waals surface area contributed by atoms with Gasteiger partial charge in [-0.1, -0.05) is 5.16 Å². The van der Waals surface area contributed by atoms with Crippen LogP contribution in [0.15, 0.2) is 5.16 Å². The van der Waals surface area contributed by atoms with Crippen molar-refractivity contribution in [1.82, 2.24) is 0 Å². The Kier molecular flexibility index (Phi) is 5.60. The highest BCUT2D eigenvalue weighted by Gasteiger charge is 2.19. The second-order valence-corrected chi connectivity index (χ2v) is 3.81. The van der Waals surface area contributed by atoms with E-state index in [-0.39, 0.29) is 6.10 Å². The van der Waals surface area contributed by atoms with E-state index in [1.165, 1.54) is 0 Å². The molecule has 0 heterocycles. The van der Waals surface area contributed by atoms with Crippen LogP contribution >= 0.6 is 0 Å². The van der Waals surface area contributed by atoms with Crippen LogP contribution in [0.25, 0.3) is 0 Å². The second kappa shape index (κ2) is 6.76. The van der Waals surface area contributed by atoms with Crippen LogP contribution in [0.1, 0.15) is 25.7 Å². The molecule has 1 rings (SSSR count). The van der Waals surface area contributed by atoms with Gasteiger partial charge < -0.3 is 19.8 Å². The van der Waals surface area contributed by atoms with Crippen LogP contribution in [0, 0.1) is 0 Å². The molecule has 0 aliphatic heterocycles. The van der Waals surface area contributed by atoms with Gasteiger partial charge in [0.2, 0.25) is 0 Å². The summed E-state index contributed by atoms with van der Waals surface area (Å²) >= 11 is 0. The van der Waals surface area contributed by atoms with Crippen molar-refractivity contribution in [3.05, 3.63) is 0 Å². The average Bonchev–Trinajstić information content (AvgIpc) is 2.27. The Morgan fingerprint density at radius 3 is 2.60 bits per heavy atom. The third kappa shape index (κ3) is 4.59. The molecule has 0 radical (unpaired) electrons. The Hall–Kier alpha value is -0.650. The lowest BCUT2D eigenvalue weighted by atomic mass is 9.96. The largest absolute Gasteiger partial charge is 0.411 e. The van der Waals surface area contributed by atoms with E-state index in [4.69, 9.17) is 14.7 Å². The molecular formula is C10H19NO4. The van der Waals surface area contributed by atoms with Crippen molar-refractivity contribution in [2.45, 2.75) is 37.9 Å². The van der Waals surface area contributed by atoms with Crippen LogP contribution in [0.2, 0.25) is 0 Å². The van der Waals surface area contributed by atoms with Crippen LogP contribution in [0.3, 0.4) is 0 Å². The fraction of sp³-hybridized carbons (Fsp3) is 0.900. The van der Waals surface area contributed by atoms with E-state index in [0.29, 0.717) is 13.2 Å². The first-order chi connectivity index (χ1) is 7.26. The van der Waals surface area contributed by atoms with E-state index in [0.717, 1.165) is 31.4 Å². The summed E-state index contributed by atoms with van der Waals surface area (Å²) in [6.45, 7) is 0.611. The number of hydrogen-bond donors (Lipinski definition) is 2. The summed E-state index contributed by atoms with van der Waals surface area (Å²) in [6.07, 6.45) is 2.89. The van der Waals surface area contributed by atoms with Gasteiger partial charge in [-0.2, -0.15) is 0 Å². The van der Waals surface area contributed by atoms with Gasteiger partial charge in [0.25, 0.3) is 0 Å². The number of oxime groups is 1. The highest BCUT2D eigenvalue weighted by molar-refractivity contribution is 5.84. The van der Waals surface area contributed by atoms with Crippen LogP contribution in [0.4, 0.5) is 0 Å². The quantitative estimate of drug-likeness (QED) is 0.527. The lowest BCUT2D eigenvalue weighted by Gasteiger charge is -2.23. The fourth-order valence-electron chi connectivity index (χ4n) is 1.68. The summed E-state index contributed by atoms with van der Waals surface area (Å²) in [5.74, 6) is 0. The summed E-state index contributed by atoms with van der Waals surface area (Å²) in [4.78, 5) is 0. The van der Waals surface area contributed by atoms with Crippen molar-refractivity contribution in [1.29, 1.82) is 0 Å². The molecule has 1 aliphatic rings. The Morgan fingerprint density at radius 2 is 2.07 bits per heavy atom. The first-order valence-corrected chi connectivity index (χ1v) is 5.24. The summed E-state index contributed by atoms with van der Waals surface area (Å²) in [7, 11) is 1.55. The molecule has 5 nitrogen and oxygen atoms in total. The molecule has 15 heavy (non-hydrogen) atoms. The molecule has 88 valence electrons. The van der Waals surface area contributed by atoms with Crippen molar-refractivity contribution in [2.24, 2.45) is 5.16 Å². The first-order valence-electron chi connectivity index (χ1n) is 5.24. The predicted octanol–water partition coefficient (Wildman–Crippen LogP) is 0.783. The molecule has 5 heteroatoms. The number of nitrogens with zero attached hydrogens (tertiary/aromatic N) is 1. The number of hydrogen-bond acceptors (Lipinski definition) is 5. The van der Waals surface area contributed by atoms with Gasteiger partial charge >= 0.3 is 0 Å². The number of ether oxygens (including phenoxy) is 2. The summed E-state index contributed by atoms with van der Waals surface area (Å²) in [6, 6.07) is 0. The van der Waals surface area contributed by atoms with Gasteiger partial charge in [0.05, 0.1) is 25.0 Å². The molecule has 0 aromatic heterocycles. The monoisotopic (exact) mass is 217 g/mol. The number of methoxy groups -OCH3 is 1. The SMILES string of the molecule is COCC(O)COC1CCC(=NO)CC1. The highest BCUT2D eigenvalue weighted by Crippen LogP contribution is 2.18. The molecule has 1 unspecified atom stereocenters. The molecule has 0 aromatic carbocycles. The van der Waals surface area contributed by atoms with Gasteiger partial charge in [0, 0.05) is 7.11 Å². The number of rotatable bonds is 5. The Balaban J connectivity index is 2.13. The van der Waals surface area contributed by atoms with Gasteiger partial charge in [-0.15, -0.1) is 0 Å². The Bertz CT molecular complexity index is 198. The third-order valence-electron chi connectivity index (χ3n) is 2.53. The average molecular weight is 217 g/mol. The van der Waals surface area contributed by atoms with E-state index in [9.17, 15) is 5.11 Å². The van der Waals surface area contributed by atoms with E-state index in [1.54, 1.807) is 7.11 Å². The van der Waals surface area contributed by atoms with Crippen molar-refractivity contribution in [2.75, 3.05) is 20.3 Å². The molecule has 1 saturated carbocycles. The molecule has 0 saturated heterocycles. The summed E-state index contributed by atoms with van der Waals surface area (Å²) < 4.78 is 10.3. The molecule has 0 aromatic rings. The maximum absolute atomic E-state index is 9.36. The Morgan fingerprint density at radius 1 is 1.40 bits per heavy atom. The molecule has 0 spiro atoms. The van der Waals surface area contributed by atoms with Crippen LogP contribution in [-0.4, -0.2) is 48.6 Å². The molecule has 1 aliphatic carbocycles. The van der Waals surface area contributed by atoms with Crippen LogP contribution < -0.4 is 0 Å². The lowest BCUT2D eigenvalue weighted by Crippen LogP contribution is -2.28. The fourth-order valence-corrected chi connectivity index (χ4v) is 1.68. The molecule has 1 atom stereocenters. The van der Waals surface area contributed by atoms with Crippen LogP contribution in [-0.2, 0) is 9.47 Å². The molecule has 2 N–H and O–H groups in total. The molecule has 0 bridgehead atoms. The van der Waals surface area contributed by atoms with E-state index < -0.39 is 6.10 Å². The van der Waals surface area contributed by atoms with Crippen molar-refractivity contribution in [3.8, 4) is 0 Å². The zero-order chi connectivity index (χ0) is 11.1. The van der Waals surface area contributed by atoms with Crippen molar-refractivity contribution < 1.29 is 19.8 Å². The van der Waals surface area contributed by atoms with Gasteiger partial charge in [0.1, 0.15) is 6.10 Å². The van der Waals surface area contributed by atoms with Gasteiger partial charge in [-0.25, -0.2) is 0 Å². The molecule has 1 fully saturated rings. The zero-order valence-electron chi connectivity index (χ0n) is 9.06. The normalized spacial score (nSPS) is 23.9. The first kappa shape index (κ1) is 12.4. The molecule has 0 amide bonds.